The minimum atomic E-state index is 0.228. The Kier molecular flexibility index (Phi) is 5.53. The lowest BCUT2D eigenvalue weighted by Crippen LogP contribution is -2.34. The molecule has 3 rings (SSSR count). The van der Waals surface area contributed by atoms with Crippen molar-refractivity contribution in [3.05, 3.63) is 29.6 Å². The van der Waals surface area contributed by atoms with Crippen molar-refractivity contribution in [2.45, 2.75) is 51.6 Å². The zero-order valence-corrected chi connectivity index (χ0v) is 15.5. The minimum absolute atomic E-state index is 0.228. The molecule has 1 aliphatic heterocycles. The molecule has 7 nitrogen and oxygen atoms in total. The largest absolute Gasteiger partial charge is 0.493 e. The zero-order chi connectivity index (χ0) is 17.8. The minimum Gasteiger partial charge on any atom is -0.493 e. The first-order valence-electron chi connectivity index (χ1n) is 8.86. The fourth-order valence-electron chi connectivity index (χ4n) is 3.34. The van der Waals surface area contributed by atoms with Gasteiger partial charge >= 0.3 is 0 Å². The van der Waals surface area contributed by atoms with Crippen LogP contribution < -0.4 is 9.47 Å². The van der Waals surface area contributed by atoms with Crippen molar-refractivity contribution < 1.29 is 9.47 Å². The second-order valence-corrected chi connectivity index (χ2v) is 6.71. The molecule has 0 bridgehead atoms. The summed E-state index contributed by atoms with van der Waals surface area (Å²) < 4.78 is 10.9. The summed E-state index contributed by atoms with van der Waals surface area (Å²) in [5.74, 6) is 3.56. The van der Waals surface area contributed by atoms with Gasteiger partial charge in [0.05, 0.1) is 20.3 Å². The number of aromatic amines is 1. The van der Waals surface area contributed by atoms with Crippen LogP contribution in [0.4, 0.5) is 0 Å². The van der Waals surface area contributed by atoms with Gasteiger partial charge in [0.1, 0.15) is 11.5 Å². The molecule has 2 aromatic rings. The highest BCUT2D eigenvalue weighted by molar-refractivity contribution is 5.42. The Labute approximate surface area is 148 Å². The molecule has 136 valence electrons. The molecule has 1 N–H and O–H groups in total. The Balaban J connectivity index is 1.84. The molecule has 1 aliphatic rings. The van der Waals surface area contributed by atoms with Gasteiger partial charge in [-0.05, 0) is 19.4 Å². The molecule has 0 spiro atoms. The first kappa shape index (κ1) is 17.7. The lowest BCUT2D eigenvalue weighted by atomic mass is 10.0. The molecule has 0 radical (unpaired) electrons. The maximum Gasteiger partial charge on any atom is 0.183 e. The van der Waals surface area contributed by atoms with E-state index in [1.165, 1.54) is 12.8 Å². The topological polar surface area (TPSA) is 76.2 Å². The van der Waals surface area contributed by atoms with Crippen LogP contribution in [-0.2, 0) is 6.54 Å². The van der Waals surface area contributed by atoms with Crippen molar-refractivity contribution in [2.24, 2.45) is 0 Å². The first-order valence-corrected chi connectivity index (χ1v) is 8.86. The number of hydrogen-bond acceptors (Lipinski definition) is 6. The SMILES string of the molecule is COc1ccnc(CN2CCCCC2c2nc(C(C)C)n[nH]2)c1OC. The van der Waals surface area contributed by atoms with Crippen LogP contribution in [0.15, 0.2) is 12.3 Å². The normalized spacial score (nSPS) is 18.5. The molecule has 3 heterocycles. The highest BCUT2D eigenvalue weighted by Crippen LogP contribution is 2.34. The summed E-state index contributed by atoms with van der Waals surface area (Å²) in [6, 6.07) is 2.05. The highest BCUT2D eigenvalue weighted by atomic mass is 16.5. The summed E-state index contributed by atoms with van der Waals surface area (Å²) in [6.07, 6.45) is 5.20. The van der Waals surface area contributed by atoms with Crippen LogP contribution in [0.3, 0.4) is 0 Å². The molecular formula is C18H27N5O2. The molecule has 1 unspecified atom stereocenters. The molecule has 1 atom stereocenters. The van der Waals surface area contributed by atoms with Crippen molar-refractivity contribution >= 4 is 0 Å². The average molecular weight is 345 g/mol. The van der Waals surface area contributed by atoms with Crippen molar-refractivity contribution in [3.63, 3.8) is 0 Å². The number of ether oxygens (including phenoxy) is 2. The third-order valence-electron chi connectivity index (χ3n) is 4.68. The lowest BCUT2D eigenvalue weighted by Gasteiger charge is -2.34. The van der Waals surface area contributed by atoms with Crippen LogP contribution in [-0.4, -0.2) is 45.8 Å². The van der Waals surface area contributed by atoms with Crippen LogP contribution in [0, 0.1) is 0 Å². The molecule has 2 aromatic heterocycles. The van der Waals surface area contributed by atoms with Crippen LogP contribution in [0.1, 0.15) is 62.4 Å². The number of pyridine rings is 1. The van der Waals surface area contributed by atoms with Gasteiger partial charge in [0.2, 0.25) is 0 Å². The van der Waals surface area contributed by atoms with Gasteiger partial charge in [0.25, 0.3) is 0 Å². The number of nitrogens with zero attached hydrogens (tertiary/aromatic N) is 4. The second-order valence-electron chi connectivity index (χ2n) is 6.71. The van der Waals surface area contributed by atoms with Gasteiger partial charge in [0.15, 0.2) is 17.3 Å². The highest BCUT2D eigenvalue weighted by Gasteiger charge is 2.28. The quantitative estimate of drug-likeness (QED) is 0.867. The zero-order valence-electron chi connectivity index (χ0n) is 15.5. The fraction of sp³-hybridized carbons (Fsp3) is 0.611. The predicted octanol–water partition coefficient (Wildman–Crippen LogP) is 3.07. The van der Waals surface area contributed by atoms with Crippen molar-refractivity contribution in [1.29, 1.82) is 0 Å². The number of aromatic nitrogens is 4. The van der Waals surface area contributed by atoms with E-state index in [1.54, 1.807) is 20.4 Å². The molecule has 25 heavy (non-hydrogen) atoms. The van der Waals surface area contributed by atoms with E-state index in [0.717, 1.165) is 30.3 Å². The maximum atomic E-state index is 5.54. The average Bonchev–Trinajstić information content (AvgIpc) is 3.12. The second kappa shape index (κ2) is 7.82. The van der Waals surface area contributed by atoms with Crippen molar-refractivity contribution in [3.8, 4) is 11.5 Å². The van der Waals surface area contributed by atoms with Gasteiger partial charge in [-0.3, -0.25) is 15.0 Å². The Bertz CT molecular complexity index is 701. The molecule has 1 fully saturated rings. The van der Waals surface area contributed by atoms with Crippen molar-refractivity contribution in [2.75, 3.05) is 20.8 Å². The Morgan fingerprint density at radius 1 is 1.28 bits per heavy atom. The number of H-pyrrole nitrogens is 1. The third-order valence-corrected chi connectivity index (χ3v) is 4.68. The molecule has 1 saturated heterocycles. The Morgan fingerprint density at radius 2 is 2.12 bits per heavy atom. The number of piperidine rings is 1. The van der Waals surface area contributed by atoms with E-state index in [0.29, 0.717) is 24.0 Å². The summed E-state index contributed by atoms with van der Waals surface area (Å²) in [7, 11) is 3.30. The van der Waals surface area contributed by atoms with E-state index in [4.69, 9.17) is 14.5 Å². The van der Waals surface area contributed by atoms with Crippen LogP contribution in [0.25, 0.3) is 0 Å². The Morgan fingerprint density at radius 3 is 2.80 bits per heavy atom. The smallest absolute Gasteiger partial charge is 0.183 e. The third kappa shape index (κ3) is 3.76. The van der Waals surface area contributed by atoms with Gasteiger partial charge < -0.3 is 9.47 Å². The molecule has 0 aromatic carbocycles. The number of hydrogen-bond donors (Lipinski definition) is 1. The summed E-state index contributed by atoms with van der Waals surface area (Å²) in [5, 5.41) is 7.51. The number of rotatable bonds is 6. The van der Waals surface area contributed by atoms with Gasteiger partial charge in [-0.2, -0.15) is 5.10 Å². The van der Waals surface area contributed by atoms with Crippen molar-refractivity contribution in [1.82, 2.24) is 25.1 Å². The van der Waals surface area contributed by atoms with E-state index < -0.39 is 0 Å². The van der Waals surface area contributed by atoms with E-state index in [1.807, 2.05) is 6.07 Å². The molecule has 7 heteroatoms. The van der Waals surface area contributed by atoms with Gasteiger partial charge in [0, 0.05) is 24.7 Å². The monoisotopic (exact) mass is 345 g/mol. The number of nitrogens with one attached hydrogen (secondary N) is 1. The van der Waals surface area contributed by atoms with Crippen LogP contribution >= 0.6 is 0 Å². The predicted molar refractivity (Wildman–Crippen MR) is 94.8 cm³/mol. The van der Waals surface area contributed by atoms with E-state index >= 15 is 0 Å². The molecule has 0 aliphatic carbocycles. The van der Waals surface area contributed by atoms with E-state index in [2.05, 4.69) is 33.9 Å². The summed E-state index contributed by atoms with van der Waals surface area (Å²) in [4.78, 5) is 11.6. The van der Waals surface area contributed by atoms with E-state index in [9.17, 15) is 0 Å². The van der Waals surface area contributed by atoms with Crippen LogP contribution in [0.5, 0.6) is 11.5 Å². The maximum absolute atomic E-state index is 5.54. The van der Waals surface area contributed by atoms with Crippen LogP contribution in [0.2, 0.25) is 0 Å². The first-order chi connectivity index (χ1) is 12.1. The lowest BCUT2D eigenvalue weighted by molar-refractivity contribution is 0.130. The Hall–Kier alpha value is -2.15. The molecule has 0 amide bonds. The standard InChI is InChI=1S/C18H27N5O2/c1-12(2)17-20-18(22-21-17)14-7-5-6-10-23(14)11-13-16(25-4)15(24-3)8-9-19-13/h8-9,12,14H,5-7,10-11H2,1-4H3,(H,20,21,22). The molecular weight excluding hydrogens is 318 g/mol. The van der Waals surface area contributed by atoms with Gasteiger partial charge in [-0.15, -0.1) is 0 Å². The van der Waals surface area contributed by atoms with E-state index in [-0.39, 0.29) is 6.04 Å². The summed E-state index contributed by atoms with van der Waals surface area (Å²) >= 11 is 0. The fourth-order valence-corrected chi connectivity index (χ4v) is 3.34. The summed E-state index contributed by atoms with van der Waals surface area (Å²) in [6.45, 7) is 5.92. The molecule has 0 saturated carbocycles. The van der Waals surface area contributed by atoms with Gasteiger partial charge in [-0.25, -0.2) is 4.98 Å². The van der Waals surface area contributed by atoms with Gasteiger partial charge in [-0.1, -0.05) is 20.3 Å². The summed E-state index contributed by atoms with van der Waals surface area (Å²) in [5.41, 5.74) is 0.886. The number of likely N-dealkylation sites (tertiary alicyclic amines) is 1. The number of methoxy groups -OCH3 is 2.